The zero-order chi connectivity index (χ0) is 19.6. The summed E-state index contributed by atoms with van der Waals surface area (Å²) in [6.07, 6.45) is 8.98. The van der Waals surface area contributed by atoms with Crippen molar-refractivity contribution in [3.63, 3.8) is 0 Å². The van der Waals surface area contributed by atoms with Crippen LogP contribution in [0.4, 0.5) is 0 Å². The molecule has 0 amide bonds. The molecule has 1 aliphatic heterocycles. The number of likely N-dealkylation sites (tertiary alicyclic amines) is 1. The fraction of sp³-hybridized carbons (Fsp3) is 0.261. The van der Waals surface area contributed by atoms with E-state index >= 15 is 0 Å². The maximum atomic E-state index is 12.9. The first kappa shape index (κ1) is 17.8. The van der Waals surface area contributed by atoms with Gasteiger partial charge in [-0.25, -0.2) is 5.10 Å². The lowest BCUT2D eigenvalue weighted by Crippen LogP contribution is -2.37. The SMILES string of the molecule is O=c1[nH]nc(-c2ccncc2)cc1C(c1ccc2cc[nH]c2c1)N1CCCCC1. The van der Waals surface area contributed by atoms with E-state index in [1.165, 1.54) is 11.8 Å². The molecule has 0 spiro atoms. The molecule has 1 unspecified atom stereocenters. The van der Waals surface area contributed by atoms with Gasteiger partial charge in [-0.1, -0.05) is 18.6 Å². The highest BCUT2D eigenvalue weighted by Gasteiger charge is 2.27. The molecular weight excluding hydrogens is 362 g/mol. The van der Waals surface area contributed by atoms with Crippen LogP contribution in [0, 0.1) is 0 Å². The Kier molecular flexibility index (Phi) is 4.69. The average Bonchev–Trinajstić information content (AvgIpc) is 3.25. The molecule has 0 radical (unpaired) electrons. The van der Waals surface area contributed by atoms with Crippen molar-refractivity contribution in [2.75, 3.05) is 13.1 Å². The van der Waals surface area contributed by atoms with Crippen LogP contribution >= 0.6 is 0 Å². The Morgan fingerprint density at radius 1 is 0.966 bits per heavy atom. The molecule has 1 fully saturated rings. The molecule has 1 saturated heterocycles. The molecule has 4 aromatic rings. The number of hydrogen-bond acceptors (Lipinski definition) is 4. The number of pyridine rings is 1. The normalized spacial score (nSPS) is 16.1. The number of nitrogens with one attached hydrogen (secondary N) is 2. The summed E-state index contributed by atoms with van der Waals surface area (Å²) in [4.78, 5) is 22.7. The van der Waals surface area contributed by atoms with Crippen molar-refractivity contribution in [3.05, 3.63) is 82.5 Å². The van der Waals surface area contributed by atoms with Crippen molar-refractivity contribution < 1.29 is 0 Å². The highest BCUT2D eigenvalue weighted by Crippen LogP contribution is 2.32. The quantitative estimate of drug-likeness (QED) is 0.559. The smallest absolute Gasteiger partial charge is 0.269 e. The zero-order valence-corrected chi connectivity index (χ0v) is 16.1. The molecule has 29 heavy (non-hydrogen) atoms. The number of fused-ring (bicyclic) bond motifs is 1. The Balaban J connectivity index is 1.65. The van der Waals surface area contributed by atoms with Gasteiger partial charge in [0.05, 0.1) is 11.7 Å². The molecule has 146 valence electrons. The third kappa shape index (κ3) is 3.47. The topological polar surface area (TPSA) is 77.7 Å². The maximum Gasteiger partial charge on any atom is 0.269 e. The first-order valence-electron chi connectivity index (χ1n) is 10.1. The summed E-state index contributed by atoms with van der Waals surface area (Å²) in [6.45, 7) is 1.97. The Morgan fingerprint density at radius 2 is 1.79 bits per heavy atom. The Bertz CT molecular complexity index is 1170. The Hall–Kier alpha value is -3.25. The summed E-state index contributed by atoms with van der Waals surface area (Å²) < 4.78 is 0. The van der Waals surface area contributed by atoms with Crippen LogP contribution in [0.2, 0.25) is 0 Å². The predicted octanol–water partition coefficient (Wildman–Crippen LogP) is 3.89. The van der Waals surface area contributed by atoms with Gasteiger partial charge < -0.3 is 4.98 Å². The average molecular weight is 385 g/mol. The van der Waals surface area contributed by atoms with Crippen LogP contribution in [0.5, 0.6) is 0 Å². The number of benzene rings is 1. The van der Waals surface area contributed by atoms with Gasteiger partial charge in [-0.3, -0.25) is 14.7 Å². The van der Waals surface area contributed by atoms with Gasteiger partial charge in [-0.2, -0.15) is 5.10 Å². The predicted molar refractivity (Wildman–Crippen MR) is 114 cm³/mol. The van der Waals surface area contributed by atoms with Gasteiger partial charge in [0.15, 0.2) is 0 Å². The molecule has 0 saturated carbocycles. The minimum absolute atomic E-state index is 0.102. The monoisotopic (exact) mass is 385 g/mol. The molecule has 6 heteroatoms. The van der Waals surface area contributed by atoms with Crippen LogP contribution < -0.4 is 5.56 Å². The van der Waals surface area contributed by atoms with Crippen LogP contribution in [0.3, 0.4) is 0 Å². The third-order valence-corrected chi connectivity index (χ3v) is 5.75. The van der Waals surface area contributed by atoms with E-state index in [2.05, 4.69) is 49.3 Å². The molecule has 1 aliphatic rings. The molecule has 4 heterocycles. The molecule has 3 aromatic heterocycles. The summed E-state index contributed by atoms with van der Waals surface area (Å²) in [6, 6.07) is 14.1. The van der Waals surface area contributed by atoms with Gasteiger partial charge in [-0.15, -0.1) is 0 Å². The maximum absolute atomic E-state index is 12.9. The molecule has 6 nitrogen and oxygen atoms in total. The fourth-order valence-corrected chi connectivity index (χ4v) is 4.29. The van der Waals surface area contributed by atoms with E-state index in [4.69, 9.17) is 0 Å². The lowest BCUT2D eigenvalue weighted by Gasteiger charge is -2.34. The highest BCUT2D eigenvalue weighted by molar-refractivity contribution is 5.80. The van der Waals surface area contributed by atoms with E-state index in [0.29, 0.717) is 0 Å². The number of aromatic amines is 2. The van der Waals surface area contributed by atoms with Crippen molar-refractivity contribution in [2.24, 2.45) is 0 Å². The summed E-state index contributed by atoms with van der Waals surface area (Å²) >= 11 is 0. The van der Waals surface area contributed by atoms with E-state index in [-0.39, 0.29) is 11.6 Å². The summed E-state index contributed by atoms with van der Waals surface area (Å²) in [7, 11) is 0. The minimum atomic E-state index is -0.134. The van der Waals surface area contributed by atoms with Crippen LogP contribution in [0.15, 0.2) is 65.8 Å². The first-order valence-corrected chi connectivity index (χ1v) is 10.1. The Morgan fingerprint density at radius 3 is 2.62 bits per heavy atom. The standard InChI is InChI=1S/C23H23N5O/c29-23-19(15-21(26-27-23)17-6-9-24-10-7-17)22(28-12-2-1-3-13-28)18-5-4-16-8-11-25-20(16)14-18/h4-11,14-15,22,25H,1-3,12-13H2,(H,27,29). The van der Waals surface area contributed by atoms with Crippen LogP contribution in [0.25, 0.3) is 22.2 Å². The summed E-state index contributed by atoms with van der Waals surface area (Å²) in [5.74, 6) is 0. The van der Waals surface area contributed by atoms with Gasteiger partial charge in [0, 0.05) is 35.2 Å². The molecule has 5 rings (SSSR count). The lowest BCUT2D eigenvalue weighted by atomic mass is 9.94. The second-order valence-corrected chi connectivity index (χ2v) is 7.60. The number of piperidine rings is 1. The molecule has 0 aliphatic carbocycles. The van der Waals surface area contributed by atoms with Crippen molar-refractivity contribution in [1.82, 2.24) is 25.1 Å². The van der Waals surface area contributed by atoms with Crippen LogP contribution in [0.1, 0.15) is 36.4 Å². The van der Waals surface area contributed by atoms with E-state index in [1.807, 2.05) is 24.4 Å². The molecule has 1 atom stereocenters. The van der Waals surface area contributed by atoms with Gasteiger partial charge in [0.2, 0.25) is 0 Å². The van der Waals surface area contributed by atoms with Crippen LogP contribution in [-0.4, -0.2) is 38.2 Å². The van der Waals surface area contributed by atoms with E-state index < -0.39 is 0 Å². The number of aromatic nitrogens is 4. The number of rotatable bonds is 4. The van der Waals surface area contributed by atoms with Gasteiger partial charge in [0.1, 0.15) is 0 Å². The molecule has 2 N–H and O–H groups in total. The van der Waals surface area contributed by atoms with Crippen molar-refractivity contribution in [3.8, 4) is 11.3 Å². The van der Waals surface area contributed by atoms with Crippen molar-refractivity contribution in [2.45, 2.75) is 25.3 Å². The second kappa shape index (κ2) is 7.64. The number of nitrogens with zero attached hydrogens (tertiary/aromatic N) is 3. The lowest BCUT2D eigenvalue weighted by molar-refractivity contribution is 0.186. The third-order valence-electron chi connectivity index (χ3n) is 5.75. The van der Waals surface area contributed by atoms with E-state index in [9.17, 15) is 4.79 Å². The van der Waals surface area contributed by atoms with E-state index in [1.54, 1.807) is 12.4 Å². The number of H-pyrrole nitrogens is 2. The van der Waals surface area contributed by atoms with Gasteiger partial charge in [-0.05, 0) is 67.2 Å². The second-order valence-electron chi connectivity index (χ2n) is 7.60. The summed E-state index contributed by atoms with van der Waals surface area (Å²) in [5.41, 5.74) is 4.51. The highest BCUT2D eigenvalue weighted by atomic mass is 16.1. The number of hydrogen-bond donors (Lipinski definition) is 2. The van der Waals surface area contributed by atoms with Crippen molar-refractivity contribution in [1.29, 1.82) is 0 Å². The van der Waals surface area contributed by atoms with Gasteiger partial charge in [0.25, 0.3) is 5.56 Å². The molecular formula is C23H23N5O. The summed E-state index contributed by atoms with van der Waals surface area (Å²) in [5, 5.41) is 8.18. The first-order chi connectivity index (χ1) is 14.3. The fourth-order valence-electron chi connectivity index (χ4n) is 4.29. The molecule has 0 bridgehead atoms. The minimum Gasteiger partial charge on any atom is -0.361 e. The van der Waals surface area contributed by atoms with E-state index in [0.717, 1.165) is 53.8 Å². The van der Waals surface area contributed by atoms with Crippen molar-refractivity contribution >= 4 is 10.9 Å². The Labute approximate surface area is 168 Å². The van der Waals surface area contributed by atoms with Gasteiger partial charge >= 0.3 is 0 Å². The zero-order valence-electron chi connectivity index (χ0n) is 16.1. The largest absolute Gasteiger partial charge is 0.361 e. The van der Waals surface area contributed by atoms with Crippen LogP contribution in [-0.2, 0) is 0 Å². The molecule has 1 aromatic carbocycles.